The van der Waals surface area contributed by atoms with Crippen LogP contribution in [0, 0.1) is 0 Å². The summed E-state index contributed by atoms with van der Waals surface area (Å²) < 4.78 is 40.1. The molecule has 0 saturated heterocycles. The summed E-state index contributed by atoms with van der Waals surface area (Å²) in [5.41, 5.74) is 6.48. The fourth-order valence-corrected chi connectivity index (χ4v) is 2.24. The third-order valence-electron chi connectivity index (χ3n) is 3.16. The number of hydrogen-bond acceptors (Lipinski definition) is 3. The van der Waals surface area contributed by atoms with E-state index in [0.717, 1.165) is 12.1 Å². The second-order valence-electron chi connectivity index (χ2n) is 5.20. The van der Waals surface area contributed by atoms with Gasteiger partial charge < -0.3 is 21.1 Å². The molecule has 0 aliphatic heterocycles. The number of aliphatic imine (C=N–C) groups is 1. The summed E-state index contributed by atoms with van der Waals surface area (Å²) in [5.74, 6) is -0.625. The number of benzene rings is 2. The largest absolute Gasteiger partial charge is 0.573 e. The minimum atomic E-state index is -4.75. The Labute approximate surface area is 181 Å². The number of guanidine groups is 1. The summed E-state index contributed by atoms with van der Waals surface area (Å²) in [4.78, 5) is 16.0. The Bertz CT molecular complexity index is 817. The van der Waals surface area contributed by atoms with Gasteiger partial charge in [-0.1, -0.05) is 23.7 Å². The molecule has 6 nitrogen and oxygen atoms in total. The van der Waals surface area contributed by atoms with Gasteiger partial charge in [0.05, 0.1) is 17.1 Å². The number of nitrogens with two attached hydrogens (primary N) is 1. The Hall–Kier alpha value is -2.21. The molecule has 0 radical (unpaired) electrons. The number of carbonyl (C=O) groups is 1. The quantitative estimate of drug-likeness (QED) is 0.229. The molecule has 11 heteroatoms. The van der Waals surface area contributed by atoms with Gasteiger partial charge >= 0.3 is 6.36 Å². The van der Waals surface area contributed by atoms with Crippen molar-refractivity contribution in [1.29, 1.82) is 0 Å². The summed E-state index contributed by atoms with van der Waals surface area (Å²) >= 11 is 5.93. The van der Waals surface area contributed by atoms with Crippen LogP contribution in [-0.2, 0) is 0 Å². The summed E-state index contributed by atoms with van der Waals surface area (Å²) in [6.07, 6.45) is -4.75. The van der Waals surface area contributed by atoms with E-state index in [4.69, 9.17) is 17.3 Å². The van der Waals surface area contributed by atoms with Gasteiger partial charge in [-0.05, 0) is 36.4 Å². The molecule has 0 saturated carbocycles. The topological polar surface area (TPSA) is 88.7 Å². The summed E-state index contributed by atoms with van der Waals surface area (Å²) in [7, 11) is 0. The van der Waals surface area contributed by atoms with Gasteiger partial charge in [0.25, 0.3) is 5.91 Å². The lowest BCUT2D eigenvalue weighted by Crippen LogP contribution is -2.28. The highest BCUT2D eigenvalue weighted by Gasteiger charge is 2.30. The SMILES string of the molecule is I.NC(=NCCNC(=O)c1ccccc1Cl)Nc1ccc(OC(F)(F)F)cc1. The zero-order valence-corrected chi connectivity index (χ0v) is 17.4. The molecule has 0 spiro atoms. The lowest BCUT2D eigenvalue weighted by atomic mass is 10.2. The molecular weight excluding hydrogens is 512 g/mol. The molecule has 0 aliphatic rings. The molecule has 0 heterocycles. The Balaban J connectivity index is 0.00000392. The Morgan fingerprint density at radius 3 is 2.39 bits per heavy atom. The molecule has 0 atom stereocenters. The number of nitrogens with one attached hydrogen (secondary N) is 2. The van der Waals surface area contributed by atoms with Crippen LogP contribution in [0.3, 0.4) is 0 Å². The second kappa shape index (κ2) is 11.0. The van der Waals surface area contributed by atoms with Crippen molar-refractivity contribution >= 4 is 53.1 Å². The van der Waals surface area contributed by atoms with Gasteiger partial charge in [-0.3, -0.25) is 9.79 Å². The minimum absolute atomic E-state index is 0. The molecule has 2 aromatic carbocycles. The van der Waals surface area contributed by atoms with E-state index in [1.807, 2.05) is 0 Å². The molecule has 0 bridgehead atoms. The first-order valence-corrected chi connectivity index (χ1v) is 8.08. The van der Waals surface area contributed by atoms with Crippen molar-refractivity contribution in [3.63, 3.8) is 0 Å². The van der Waals surface area contributed by atoms with Crippen LogP contribution in [0.15, 0.2) is 53.5 Å². The molecule has 28 heavy (non-hydrogen) atoms. The maximum Gasteiger partial charge on any atom is 0.573 e. The van der Waals surface area contributed by atoms with Gasteiger partial charge in [-0.25, -0.2) is 0 Å². The first-order chi connectivity index (χ1) is 12.7. The van der Waals surface area contributed by atoms with Crippen molar-refractivity contribution in [3.8, 4) is 5.75 Å². The standard InChI is InChI=1S/C17H16ClF3N4O2.HI/c18-14-4-2-1-3-13(14)15(26)23-9-10-24-16(22)25-11-5-7-12(8-6-11)27-17(19,20)21;/h1-8H,9-10H2,(H,23,26)(H3,22,24,25);1H. The Kier molecular flexibility index (Phi) is 9.32. The maximum absolute atomic E-state index is 12.1. The number of anilines is 1. The van der Waals surface area contributed by atoms with Crippen molar-refractivity contribution in [1.82, 2.24) is 5.32 Å². The molecule has 1 amide bonds. The number of halogens is 5. The number of ether oxygens (including phenoxy) is 1. The molecular formula is C17H17ClF3IN4O2. The van der Waals surface area contributed by atoms with E-state index in [2.05, 4.69) is 20.4 Å². The second-order valence-corrected chi connectivity index (χ2v) is 5.61. The van der Waals surface area contributed by atoms with Gasteiger partial charge in [0.2, 0.25) is 0 Å². The van der Waals surface area contributed by atoms with E-state index in [9.17, 15) is 18.0 Å². The van der Waals surface area contributed by atoms with Gasteiger partial charge in [0.15, 0.2) is 5.96 Å². The van der Waals surface area contributed by atoms with Crippen LogP contribution >= 0.6 is 35.6 Å². The number of amides is 1. The minimum Gasteiger partial charge on any atom is -0.406 e. The Morgan fingerprint density at radius 1 is 1.14 bits per heavy atom. The van der Waals surface area contributed by atoms with E-state index in [1.54, 1.807) is 24.3 Å². The molecule has 0 aromatic heterocycles. The molecule has 4 N–H and O–H groups in total. The lowest BCUT2D eigenvalue weighted by molar-refractivity contribution is -0.274. The normalized spacial score (nSPS) is 11.4. The first-order valence-electron chi connectivity index (χ1n) is 7.70. The average Bonchev–Trinajstić information content (AvgIpc) is 2.59. The van der Waals surface area contributed by atoms with Crippen LogP contribution in [0.4, 0.5) is 18.9 Å². The number of carbonyl (C=O) groups excluding carboxylic acids is 1. The summed E-state index contributed by atoms with van der Waals surface area (Å²) in [5, 5.41) is 5.71. The van der Waals surface area contributed by atoms with E-state index in [1.165, 1.54) is 12.1 Å². The average molecular weight is 529 g/mol. The lowest BCUT2D eigenvalue weighted by Gasteiger charge is -2.10. The summed E-state index contributed by atoms with van der Waals surface area (Å²) in [6, 6.07) is 11.7. The predicted octanol–water partition coefficient (Wildman–Crippen LogP) is 4.01. The van der Waals surface area contributed by atoms with Crippen LogP contribution in [0.25, 0.3) is 0 Å². The van der Waals surface area contributed by atoms with Gasteiger partial charge in [-0.2, -0.15) is 0 Å². The van der Waals surface area contributed by atoms with Crippen molar-refractivity contribution in [2.75, 3.05) is 18.4 Å². The van der Waals surface area contributed by atoms with Crippen molar-refractivity contribution in [2.45, 2.75) is 6.36 Å². The van der Waals surface area contributed by atoms with Crippen LogP contribution in [0.5, 0.6) is 5.75 Å². The number of nitrogens with zero attached hydrogens (tertiary/aromatic N) is 1. The van der Waals surface area contributed by atoms with Gasteiger partial charge in [-0.15, -0.1) is 37.1 Å². The molecule has 2 rings (SSSR count). The highest BCUT2D eigenvalue weighted by molar-refractivity contribution is 14.0. The van der Waals surface area contributed by atoms with Gasteiger partial charge in [0.1, 0.15) is 5.75 Å². The van der Waals surface area contributed by atoms with Crippen LogP contribution in [0.1, 0.15) is 10.4 Å². The van der Waals surface area contributed by atoms with Crippen LogP contribution in [0.2, 0.25) is 5.02 Å². The van der Waals surface area contributed by atoms with Crippen LogP contribution in [-0.4, -0.2) is 31.3 Å². The number of alkyl halides is 3. The van der Waals surface area contributed by atoms with Crippen molar-refractivity contribution < 1.29 is 22.7 Å². The van der Waals surface area contributed by atoms with E-state index in [-0.39, 0.29) is 54.7 Å². The van der Waals surface area contributed by atoms with E-state index in [0.29, 0.717) is 16.3 Å². The number of hydrogen-bond donors (Lipinski definition) is 3. The van der Waals surface area contributed by atoms with E-state index < -0.39 is 6.36 Å². The number of rotatable bonds is 6. The monoisotopic (exact) mass is 528 g/mol. The van der Waals surface area contributed by atoms with Crippen LogP contribution < -0.4 is 21.1 Å². The molecule has 0 aliphatic carbocycles. The highest BCUT2D eigenvalue weighted by Crippen LogP contribution is 2.23. The molecule has 0 unspecified atom stereocenters. The predicted molar refractivity (Wildman–Crippen MR) is 112 cm³/mol. The summed E-state index contributed by atoms with van der Waals surface area (Å²) in [6.45, 7) is 0.426. The first kappa shape index (κ1) is 23.8. The van der Waals surface area contributed by atoms with Crippen molar-refractivity contribution in [3.05, 3.63) is 59.1 Å². The molecule has 152 valence electrons. The van der Waals surface area contributed by atoms with Crippen molar-refractivity contribution in [2.24, 2.45) is 10.7 Å². The highest BCUT2D eigenvalue weighted by atomic mass is 127. The maximum atomic E-state index is 12.1. The molecule has 0 fully saturated rings. The third kappa shape index (κ3) is 8.21. The third-order valence-corrected chi connectivity index (χ3v) is 3.49. The van der Waals surface area contributed by atoms with E-state index >= 15 is 0 Å². The zero-order valence-electron chi connectivity index (χ0n) is 14.3. The van der Waals surface area contributed by atoms with Gasteiger partial charge in [0, 0.05) is 12.2 Å². The zero-order chi connectivity index (χ0) is 19.9. The fourth-order valence-electron chi connectivity index (χ4n) is 2.01. The Morgan fingerprint density at radius 2 is 1.79 bits per heavy atom. The fraction of sp³-hybridized carbons (Fsp3) is 0.176. The molecule has 2 aromatic rings. The smallest absolute Gasteiger partial charge is 0.406 e.